The maximum atomic E-state index is 11.4. The van der Waals surface area contributed by atoms with Gasteiger partial charge in [-0.3, -0.25) is 14.8 Å². The first kappa shape index (κ1) is 12.4. The summed E-state index contributed by atoms with van der Waals surface area (Å²) in [5.74, 6) is 0.321. The van der Waals surface area contributed by atoms with Crippen LogP contribution in [0.15, 0.2) is 36.7 Å². The Kier molecular flexibility index (Phi) is 3.51. The minimum atomic E-state index is -0.0214. The van der Waals surface area contributed by atoms with Crippen molar-refractivity contribution in [3.63, 3.8) is 0 Å². The van der Waals surface area contributed by atoms with Crippen molar-refractivity contribution in [3.8, 4) is 11.1 Å². The Morgan fingerprint density at radius 2 is 1.94 bits per heavy atom. The number of hydrogen-bond acceptors (Lipinski definition) is 3. The van der Waals surface area contributed by atoms with E-state index in [4.69, 9.17) is 0 Å². The van der Waals surface area contributed by atoms with Gasteiger partial charge < -0.3 is 0 Å². The fourth-order valence-electron chi connectivity index (χ4n) is 1.91. The smallest absolute Gasteiger partial charge is 0.178 e. The highest BCUT2D eigenvalue weighted by Crippen LogP contribution is 2.27. The molecule has 0 unspecified atom stereocenters. The lowest BCUT2D eigenvalue weighted by molar-refractivity contribution is 0.101. The van der Waals surface area contributed by atoms with Crippen molar-refractivity contribution >= 4 is 5.78 Å². The summed E-state index contributed by atoms with van der Waals surface area (Å²) in [5.41, 5.74) is 3.59. The third-order valence-electron chi connectivity index (χ3n) is 2.82. The lowest BCUT2D eigenvalue weighted by Gasteiger charge is -2.11. The zero-order valence-electron chi connectivity index (χ0n) is 10.8. The van der Waals surface area contributed by atoms with Crippen LogP contribution < -0.4 is 0 Å². The van der Waals surface area contributed by atoms with E-state index in [9.17, 15) is 4.79 Å². The lowest BCUT2D eigenvalue weighted by Crippen LogP contribution is -1.99. The second kappa shape index (κ2) is 5.08. The maximum absolute atomic E-state index is 11.4. The van der Waals surface area contributed by atoms with Gasteiger partial charge in [0, 0.05) is 24.9 Å². The molecule has 0 saturated carbocycles. The van der Waals surface area contributed by atoms with Gasteiger partial charge >= 0.3 is 0 Å². The van der Waals surface area contributed by atoms with Gasteiger partial charge in [0.05, 0.1) is 5.69 Å². The van der Waals surface area contributed by atoms with Crippen LogP contribution in [0.2, 0.25) is 0 Å². The third kappa shape index (κ3) is 2.45. The predicted octanol–water partition coefficient (Wildman–Crippen LogP) is 3.47. The van der Waals surface area contributed by atoms with E-state index in [2.05, 4.69) is 23.8 Å². The number of pyridine rings is 2. The molecule has 0 aromatic carbocycles. The Morgan fingerprint density at radius 1 is 1.17 bits per heavy atom. The molecule has 0 radical (unpaired) electrons. The van der Waals surface area contributed by atoms with Gasteiger partial charge in [-0.2, -0.15) is 0 Å². The van der Waals surface area contributed by atoms with Crippen LogP contribution in [0.4, 0.5) is 0 Å². The van der Waals surface area contributed by atoms with E-state index in [1.165, 1.54) is 6.92 Å². The number of nitrogens with zero attached hydrogens (tertiary/aromatic N) is 2. The fourth-order valence-corrected chi connectivity index (χ4v) is 1.91. The molecule has 0 bridgehead atoms. The van der Waals surface area contributed by atoms with Crippen molar-refractivity contribution in [3.05, 3.63) is 48.0 Å². The molecule has 2 aromatic heterocycles. The van der Waals surface area contributed by atoms with E-state index in [1.807, 2.05) is 24.3 Å². The summed E-state index contributed by atoms with van der Waals surface area (Å²) in [6.07, 6.45) is 3.47. The highest BCUT2D eigenvalue weighted by molar-refractivity contribution is 5.93. The lowest BCUT2D eigenvalue weighted by atomic mass is 9.98. The molecule has 0 amide bonds. The van der Waals surface area contributed by atoms with Gasteiger partial charge in [0.15, 0.2) is 5.78 Å². The molecule has 0 aliphatic carbocycles. The van der Waals surface area contributed by atoms with E-state index >= 15 is 0 Å². The van der Waals surface area contributed by atoms with Gasteiger partial charge in [-0.25, -0.2) is 0 Å². The fraction of sp³-hybridized carbons (Fsp3) is 0.267. The second-order valence-corrected chi connectivity index (χ2v) is 4.58. The van der Waals surface area contributed by atoms with Crippen LogP contribution in [-0.4, -0.2) is 15.8 Å². The van der Waals surface area contributed by atoms with Crippen LogP contribution in [0.1, 0.15) is 42.9 Å². The Labute approximate surface area is 107 Å². The average molecular weight is 240 g/mol. The number of hydrogen-bond donors (Lipinski definition) is 0. The van der Waals surface area contributed by atoms with E-state index in [0.717, 1.165) is 16.8 Å². The number of ketones is 1. The molecule has 0 atom stereocenters. The van der Waals surface area contributed by atoms with Gasteiger partial charge in [0.2, 0.25) is 0 Å². The quantitative estimate of drug-likeness (QED) is 0.771. The molecule has 0 saturated heterocycles. The van der Waals surface area contributed by atoms with Gasteiger partial charge in [-0.1, -0.05) is 19.9 Å². The van der Waals surface area contributed by atoms with Crippen LogP contribution in [0.5, 0.6) is 0 Å². The Hall–Kier alpha value is -2.03. The molecule has 18 heavy (non-hydrogen) atoms. The van der Waals surface area contributed by atoms with Gasteiger partial charge in [0.25, 0.3) is 0 Å². The maximum Gasteiger partial charge on any atom is 0.178 e. The molecule has 3 nitrogen and oxygen atoms in total. The monoisotopic (exact) mass is 240 g/mol. The molecule has 0 N–H and O–H groups in total. The molecule has 0 spiro atoms. The van der Waals surface area contributed by atoms with Crippen molar-refractivity contribution in [1.29, 1.82) is 0 Å². The molecule has 2 rings (SSSR count). The third-order valence-corrected chi connectivity index (χ3v) is 2.82. The zero-order chi connectivity index (χ0) is 13.1. The summed E-state index contributed by atoms with van der Waals surface area (Å²) in [6, 6.07) is 7.68. The molecular weight excluding hydrogens is 224 g/mol. The van der Waals surface area contributed by atoms with E-state index in [1.54, 1.807) is 12.4 Å². The molecule has 2 heterocycles. The van der Waals surface area contributed by atoms with E-state index in [-0.39, 0.29) is 5.78 Å². The van der Waals surface area contributed by atoms with Gasteiger partial charge in [-0.05, 0) is 29.7 Å². The molecule has 92 valence electrons. The molecule has 0 fully saturated rings. The van der Waals surface area contributed by atoms with Crippen LogP contribution >= 0.6 is 0 Å². The SMILES string of the molecule is CC(=O)c1cc(-c2cccnc2C(C)C)ccn1. The summed E-state index contributed by atoms with van der Waals surface area (Å²) >= 11 is 0. The topological polar surface area (TPSA) is 42.9 Å². The number of Topliss-reactive ketones (excluding diaryl/α,β-unsaturated/α-hetero) is 1. The number of carbonyl (C=O) groups excluding carboxylic acids is 1. The minimum Gasteiger partial charge on any atom is -0.293 e. The van der Waals surface area contributed by atoms with Crippen LogP contribution in [-0.2, 0) is 0 Å². The summed E-state index contributed by atoms with van der Waals surface area (Å²) in [6.45, 7) is 5.75. The van der Waals surface area contributed by atoms with Gasteiger partial charge in [-0.15, -0.1) is 0 Å². The molecule has 3 heteroatoms. The largest absolute Gasteiger partial charge is 0.293 e. The van der Waals surface area contributed by atoms with Crippen molar-refractivity contribution in [1.82, 2.24) is 9.97 Å². The van der Waals surface area contributed by atoms with E-state index < -0.39 is 0 Å². The summed E-state index contributed by atoms with van der Waals surface area (Å²) in [7, 11) is 0. The summed E-state index contributed by atoms with van der Waals surface area (Å²) in [5, 5.41) is 0. The molecular formula is C15H16N2O. The van der Waals surface area contributed by atoms with Crippen LogP contribution in [0.3, 0.4) is 0 Å². The Morgan fingerprint density at radius 3 is 2.61 bits per heavy atom. The number of carbonyl (C=O) groups is 1. The number of rotatable bonds is 3. The average Bonchev–Trinajstić information content (AvgIpc) is 2.39. The van der Waals surface area contributed by atoms with Crippen molar-refractivity contribution < 1.29 is 4.79 Å². The first-order chi connectivity index (χ1) is 8.59. The first-order valence-electron chi connectivity index (χ1n) is 6.02. The second-order valence-electron chi connectivity index (χ2n) is 4.58. The van der Waals surface area contributed by atoms with Crippen molar-refractivity contribution in [2.75, 3.05) is 0 Å². The predicted molar refractivity (Wildman–Crippen MR) is 71.6 cm³/mol. The zero-order valence-corrected chi connectivity index (χ0v) is 10.8. The Balaban J connectivity index is 2.55. The molecule has 2 aromatic rings. The van der Waals surface area contributed by atoms with Crippen molar-refractivity contribution in [2.24, 2.45) is 0 Å². The Bertz CT molecular complexity index is 576. The van der Waals surface area contributed by atoms with Crippen LogP contribution in [0, 0.1) is 0 Å². The van der Waals surface area contributed by atoms with Gasteiger partial charge in [0.1, 0.15) is 5.69 Å². The highest BCUT2D eigenvalue weighted by atomic mass is 16.1. The normalized spacial score (nSPS) is 10.7. The molecule has 0 aliphatic heterocycles. The van der Waals surface area contributed by atoms with Crippen LogP contribution in [0.25, 0.3) is 11.1 Å². The van der Waals surface area contributed by atoms with E-state index in [0.29, 0.717) is 11.6 Å². The standard InChI is InChI=1S/C15H16N2O/c1-10(2)15-13(5-4-7-17-15)12-6-8-16-14(9-12)11(3)18/h4-10H,1-3H3. The molecule has 0 aliphatic rings. The summed E-state index contributed by atoms with van der Waals surface area (Å²) < 4.78 is 0. The summed E-state index contributed by atoms with van der Waals surface area (Å²) in [4.78, 5) is 19.9. The minimum absolute atomic E-state index is 0.0214. The number of aromatic nitrogens is 2. The highest BCUT2D eigenvalue weighted by Gasteiger charge is 2.11. The first-order valence-corrected chi connectivity index (χ1v) is 6.02. The van der Waals surface area contributed by atoms with Crippen molar-refractivity contribution in [2.45, 2.75) is 26.7 Å².